The van der Waals surface area contributed by atoms with Crippen LogP contribution in [0.1, 0.15) is 40.7 Å². The molecule has 1 aromatic carbocycles. The Hall–Kier alpha value is -3.39. The first kappa shape index (κ1) is 30.1. The SMILES string of the molecule is CN(C)c1cc(CNC(=O)C2CCCN2)c(O)c2c1C[C@@H]1C[C@@H]3C(N(C)C)C(O)C(C(N)=O)C(=O)[C@]3(O)C(=O)C1C2=O. The molecule has 0 aromatic heterocycles. The molecule has 1 heterocycles. The van der Waals surface area contributed by atoms with E-state index < -0.39 is 64.7 Å². The fraction of sp³-hybridized carbons (Fsp3) is 0.621. The van der Waals surface area contributed by atoms with Crippen LogP contribution in [0, 0.1) is 23.7 Å². The van der Waals surface area contributed by atoms with Crippen molar-refractivity contribution in [2.45, 2.75) is 56.0 Å². The van der Waals surface area contributed by atoms with Gasteiger partial charge in [0.05, 0.1) is 23.6 Å². The number of Topliss-reactive ketones (excluding diaryl/α,β-unsaturated/α-hetero) is 3. The van der Waals surface area contributed by atoms with E-state index in [-0.39, 0.29) is 48.2 Å². The van der Waals surface area contributed by atoms with Crippen LogP contribution < -0.4 is 21.3 Å². The summed E-state index contributed by atoms with van der Waals surface area (Å²) in [6, 6.07) is 0.406. The maximum atomic E-state index is 14.1. The highest BCUT2D eigenvalue weighted by atomic mass is 16.3. The maximum absolute atomic E-state index is 14.1. The zero-order valence-corrected chi connectivity index (χ0v) is 24.2. The number of nitrogens with two attached hydrogens (primary N) is 1. The quantitative estimate of drug-likeness (QED) is 0.203. The lowest BCUT2D eigenvalue weighted by molar-refractivity contribution is -0.190. The molecule has 13 nitrogen and oxygen atoms in total. The van der Waals surface area contributed by atoms with E-state index in [4.69, 9.17) is 5.73 Å². The number of phenols is 1. The van der Waals surface area contributed by atoms with Gasteiger partial charge in [-0.05, 0) is 63.9 Å². The van der Waals surface area contributed by atoms with E-state index >= 15 is 0 Å². The number of carbonyl (C=O) groups is 5. The van der Waals surface area contributed by atoms with Crippen LogP contribution in [0.15, 0.2) is 6.07 Å². The van der Waals surface area contributed by atoms with E-state index in [0.29, 0.717) is 17.7 Å². The third kappa shape index (κ3) is 4.41. The van der Waals surface area contributed by atoms with Crippen molar-refractivity contribution >= 4 is 34.9 Å². The summed E-state index contributed by atoms with van der Waals surface area (Å²) in [7, 11) is 6.76. The van der Waals surface area contributed by atoms with E-state index in [1.807, 2.05) is 0 Å². The monoisotopic (exact) mass is 585 g/mol. The number of aromatic hydroxyl groups is 1. The van der Waals surface area contributed by atoms with Crippen LogP contribution in [0.5, 0.6) is 5.75 Å². The zero-order valence-electron chi connectivity index (χ0n) is 24.2. The highest BCUT2D eigenvalue weighted by molar-refractivity contribution is 6.25. The normalized spacial score (nSPS) is 34.1. The van der Waals surface area contributed by atoms with Gasteiger partial charge in [0.25, 0.3) is 0 Å². The number of rotatable bonds is 6. The Labute approximate surface area is 243 Å². The lowest BCUT2D eigenvalue weighted by Crippen LogP contribution is -2.75. The number of phenolic OH excluding ortho intramolecular Hbond substituents is 1. The Morgan fingerprint density at radius 1 is 1.17 bits per heavy atom. The molecule has 228 valence electrons. The molecule has 0 bridgehead atoms. The standard InChI is InChI=1S/C29H39N5O8/c1-33(2)17-10-13(11-32-28(41)16-6-5-7-31-16)22(35)19-14(17)8-12-9-15-21(34(3)4)24(37)20(27(30)40)26(39)29(15,42)25(38)18(12)23(19)36/h10,12,15-16,18,20-21,24,31,35,37,42H,5-9,11H2,1-4H3,(H2,30,40)(H,32,41)/t12-,15-,16?,18?,20?,21?,24?,29-/m1/s1. The van der Waals surface area contributed by atoms with Crippen LogP contribution in [0.4, 0.5) is 5.69 Å². The Bertz CT molecular complexity index is 1360. The van der Waals surface area contributed by atoms with Crippen molar-refractivity contribution in [2.24, 2.45) is 29.4 Å². The van der Waals surface area contributed by atoms with Gasteiger partial charge in [-0.15, -0.1) is 0 Å². The highest BCUT2D eigenvalue weighted by Gasteiger charge is 2.69. The van der Waals surface area contributed by atoms with E-state index in [1.165, 1.54) is 0 Å². The second-order valence-corrected chi connectivity index (χ2v) is 12.5. The lowest BCUT2D eigenvalue weighted by Gasteiger charge is -2.55. The second kappa shape index (κ2) is 10.7. The molecule has 13 heteroatoms. The minimum atomic E-state index is -2.72. The Kier molecular flexibility index (Phi) is 7.67. The van der Waals surface area contributed by atoms with Crippen molar-refractivity contribution in [3.05, 3.63) is 22.8 Å². The molecular weight excluding hydrogens is 546 g/mol. The van der Waals surface area contributed by atoms with Crippen molar-refractivity contribution in [1.29, 1.82) is 0 Å². The first-order valence-corrected chi connectivity index (χ1v) is 14.3. The molecule has 2 amide bonds. The molecule has 3 fully saturated rings. The fourth-order valence-corrected chi connectivity index (χ4v) is 7.67. The number of aliphatic hydroxyl groups is 2. The molecule has 7 N–H and O–H groups in total. The van der Waals surface area contributed by atoms with E-state index in [9.17, 15) is 39.3 Å². The van der Waals surface area contributed by atoms with Gasteiger partial charge in [0.15, 0.2) is 23.0 Å². The zero-order chi connectivity index (χ0) is 30.8. The smallest absolute Gasteiger partial charge is 0.237 e. The summed E-state index contributed by atoms with van der Waals surface area (Å²) >= 11 is 0. The van der Waals surface area contributed by atoms with E-state index in [0.717, 1.165) is 13.0 Å². The van der Waals surface area contributed by atoms with Crippen LogP contribution in [0.2, 0.25) is 0 Å². The van der Waals surface area contributed by atoms with Crippen molar-refractivity contribution in [3.8, 4) is 5.75 Å². The molecule has 4 aliphatic rings. The van der Waals surface area contributed by atoms with Crippen LogP contribution in [0.3, 0.4) is 0 Å². The van der Waals surface area contributed by atoms with Crippen molar-refractivity contribution in [3.63, 3.8) is 0 Å². The molecule has 2 saturated carbocycles. The predicted molar refractivity (Wildman–Crippen MR) is 150 cm³/mol. The number of carbonyl (C=O) groups excluding carboxylic acids is 5. The number of primary amides is 1. The average molecular weight is 586 g/mol. The Balaban J connectivity index is 1.56. The van der Waals surface area contributed by atoms with Crippen molar-refractivity contribution in [1.82, 2.24) is 15.5 Å². The fourth-order valence-electron chi connectivity index (χ4n) is 7.67. The number of fused-ring (bicyclic) bond motifs is 3. The Morgan fingerprint density at radius 3 is 2.43 bits per heavy atom. The third-order valence-corrected chi connectivity index (χ3v) is 9.66. The molecule has 42 heavy (non-hydrogen) atoms. The Morgan fingerprint density at radius 2 is 1.86 bits per heavy atom. The number of aliphatic hydroxyl groups excluding tert-OH is 1. The van der Waals surface area contributed by atoms with Gasteiger partial charge in [0, 0.05) is 43.9 Å². The molecule has 1 aliphatic heterocycles. The number of hydrogen-bond acceptors (Lipinski definition) is 11. The number of likely N-dealkylation sites (N-methyl/N-ethyl adjacent to an activating group) is 1. The summed E-state index contributed by atoms with van der Waals surface area (Å²) in [5, 5.41) is 40.0. The molecule has 0 spiro atoms. The summed E-state index contributed by atoms with van der Waals surface area (Å²) in [5.41, 5.74) is 4.06. The van der Waals surface area contributed by atoms with Crippen molar-refractivity contribution in [2.75, 3.05) is 39.6 Å². The van der Waals surface area contributed by atoms with Crippen LogP contribution >= 0.6 is 0 Å². The predicted octanol–water partition coefficient (Wildman–Crippen LogP) is -1.91. The summed E-state index contributed by atoms with van der Waals surface area (Å²) in [6.45, 7) is 0.682. The number of hydrogen-bond donors (Lipinski definition) is 6. The average Bonchev–Trinajstić information content (AvgIpc) is 3.45. The minimum absolute atomic E-state index is 0.0367. The van der Waals surface area contributed by atoms with Crippen LogP contribution in [-0.2, 0) is 32.1 Å². The summed E-state index contributed by atoms with van der Waals surface area (Å²) in [5.74, 6) is -9.77. The molecular formula is C29H39N5O8. The van der Waals surface area contributed by atoms with Gasteiger partial charge in [-0.2, -0.15) is 0 Å². The molecule has 1 saturated heterocycles. The van der Waals surface area contributed by atoms with E-state index in [2.05, 4.69) is 10.6 Å². The van der Waals surface area contributed by atoms with E-state index in [1.54, 1.807) is 44.1 Å². The number of benzene rings is 1. The number of nitrogens with one attached hydrogen (secondary N) is 2. The molecule has 8 atom stereocenters. The minimum Gasteiger partial charge on any atom is -0.507 e. The topological polar surface area (TPSA) is 203 Å². The third-order valence-electron chi connectivity index (χ3n) is 9.66. The summed E-state index contributed by atoms with van der Waals surface area (Å²) < 4.78 is 0. The maximum Gasteiger partial charge on any atom is 0.237 e. The number of amides is 2. The lowest BCUT2D eigenvalue weighted by atomic mass is 9.52. The largest absolute Gasteiger partial charge is 0.507 e. The number of anilines is 1. The number of ketones is 3. The van der Waals surface area contributed by atoms with Gasteiger partial charge in [-0.1, -0.05) is 0 Å². The molecule has 5 unspecified atom stereocenters. The first-order valence-electron chi connectivity index (χ1n) is 14.3. The number of nitrogens with zero attached hydrogens (tertiary/aromatic N) is 2. The second-order valence-electron chi connectivity index (χ2n) is 12.5. The van der Waals surface area contributed by atoms with Gasteiger partial charge in [0.2, 0.25) is 11.8 Å². The van der Waals surface area contributed by atoms with Gasteiger partial charge in [-0.25, -0.2) is 0 Å². The molecule has 1 aromatic rings. The van der Waals surface area contributed by atoms with Crippen molar-refractivity contribution < 1.29 is 39.3 Å². The molecule has 5 rings (SSSR count). The molecule has 0 radical (unpaired) electrons. The molecule has 3 aliphatic carbocycles. The van der Waals surface area contributed by atoms with Gasteiger partial charge >= 0.3 is 0 Å². The first-order chi connectivity index (χ1) is 19.7. The van der Waals surface area contributed by atoms with Gasteiger partial charge in [-0.3, -0.25) is 24.0 Å². The summed E-state index contributed by atoms with van der Waals surface area (Å²) in [4.78, 5) is 69.8. The van der Waals surface area contributed by atoms with Gasteiger partial charge < -0.3 is 41.5 Å². The van der Waals surface area contributed by atoms with Crippen LogP contribution in [-0.4, -0.2) is 108 Å². The van der Waals surface area contributed by atoms with Gasteiger partial charge in [0.1, 0.15) is 11.7 Å². The highest BCUT2D eigenvalue weighted by Crippen LogP contribution is 2.52. The summed E-state index contributed by atoms with van der Waals surface area (Å²) in [6.07, 6.45) is 0.245. The van der Waals surface area contributed by atoms with Crippen LogP contribution in [0.25, 0.3) is 0 Å².